The van der Waals surface area contributed by atoms with Gasteiger partial charge in [0.1, 0.15) is 5.75 Å². The van der Waals surface area contributed by atoms with Crippen LogP contribution in [-0.2, 0) is 12.7 Å². The number of hydrogen-bond acceptors (Lipinski definition) is 3. The van der Waals surface area contributed by atoms with Crippen LogP contribution in [0, 0.1) is 6.92 Å². The van der Waals surface area contributed by atoms with Crippen molar-refractivity contribution in [1.82, 2.24) is 14.8 Å². The van der Waals surface area contributed by atoms with Crippen LogP contribution in [0.15, 0.2) is 54.6 Å². The first-order valence-electron chi connectivity index (χ1n) is 8.72. The second-order valence-corrected chi connectivity index (χ2v) is 7.04. The van der Waals surface area contributed by atoms with Crippen molar-refractivity contribution < 1.29 is 18.3 Å². The number of phenols is 1. The third-order valence-electron chi connectivity index (χ3n) is 4.62. The minimum absolute atomic E-state index is 0.0190. The van der Waals surface area contributed by atoms with E-state index in [1.807, 2.05) is 0 Å². The fourth-order valence-electron chi connectivity index (χ4n) is 3.26. The van der Waals surface area contributed by atoms with Crippen LogP contribution in [0.1, 0.15) is 16.8 Å². The number of fused-ring (bicyclic) bond motifs is 1. The van der Waals surface area contributed by atoms with E-state index in [4.69, 9.17) is 11.6 Å². The molecule has 4 aromatic rings. The Morgan fingerprint density at radius 3 is 2.41 bits per heavy atom. The van der Waals surface area contributed by atoms with Crippen molar-refractivity contribution >= 4 is 22.6 Å². The van der Waals surface area contributed by atoms with Crippen LogP contribution >= 0.6 is 11.6 Å². The van der Waals surface area contributed by atoms with Gasteiger partial charge in [0.25, 0.3) is 0 Å². The molecule has 2 heterocycles. The van der Waals surface area contributed by atoms with Crippen LogP contribution in [0.3, 0.4) is 0 Å². The summed E-state index contributed by atoms with van der Waals surface area (Å²) in [6.07, 6.45) is -4.57. The number of aromatic hydroxyl groups is 1. The summed E-state index contributed by atoms with van der Waals surface area (Å²) in [5, 5.41) is 14.2. The monoisotopic (exact) mass is 417 g/mol. The predicted octanol–water partition coefficient (Wildman–Crippen LogP) is 5.83. The molecule has 0 saturated heterocycles. The minimum atomic E-state index is -4.57. The molecule has 0 aliphatic rings. The fraction of sp³-hybridized carbons (Fsp3) is 0.143. The quantitative estimate of drug-likeness (QED) is 0.456. The third kappa shape index (κ3) is 3.65. The number of aromatic nitrogens is 3. The zero-order chi connectivity index (χ0) is 20.8. The van der Waals surface area contributed by atoms with Gasteiger partial charge in [-0.2, -0.15) is 18.3 Å². The van der Waals surface area contributed by atoms with Gasteiger partial charge in [-0.25, -0.2) is 9.67 Å². The summed E-state index contributed by atoms with van der Waals surface area (Å²) >= 11 is 6.21. The van der Waals surface area contributed by atoms with E-state index >= 15 is 0 Å². The molecule has 4 nitrogen and oxygen atoms in total. The van der Waals surface area contributed by atoms with Gasteiger partial charge < -0.3 is 5.11 Å². The topological polar surface area (TPSA) is 50.9 Å². The zero-order valence-electron chi connectivity index (χ0n) is 15.2. The van der Waals surface area contributed by atoms with Crippen molar-refractivity contribution in [3.05, 3.63) is 76.4 Å². The molecule has 2 aromatic carbocycles. The van der Waals surface area contributed by atoms with E-state index in [1.165, 1.54) is 35.9 Å². The van der Waals surface area contributed by atoms with Gasteiger partial charge in [-0.3, -0.25) is 0 Å². The molecule has 0 unspecified atom stereocenters. The van der Waals surface area contributed by atoms with Gasteiger partial charge in [-0.15, -0.1) is 0 Å². The maximum Gasteiger partial charge on any atom is 0.417 e. The van der Waals surface area contributed by atoms with Gasteiger partial charge in [-0.05, 0) is 48.9 Å². The van der Waals surface area contributed by atoms with Crippen LogP contribution in [0.5, 0.6) is 5.75 Å². The number of rotatable bonds is 3. The molecule has 0 bridgehead atoms. The Kier molecular flexibility index (Phi) is 4.70. The Morgan fingerprint density at radius 1 is 1.07 bits per heavy atom. The molecule has 0 aliphatic carbocycles. The lowest BCUT2D eigenvalue weighted by molar-refractivity contribution is -0.136. The summed E-state index contributed by atoms with van der Waals surface area (Å²) in [6, 6.07) is 13.9. The SMILES string of the molecule is Cc1nn(Cc2ccccc2Cl)c2nc(-c3ccc(O)cc3)cc(C(F)(F)F)c12. The van der Waals surface area contributed by atoms with Crippen molar-refractivity contribution in [1.29, 1.82) is 0 Å². The largest absolute Gasteiger partial charge is 0.508 e. The summed E-state index contributed by atoms with van der Waals surface area (Å²) in [5.74, 6) is 0.0190. The first kappa shape index (κ1) is 19.3. The van der Waals surface area contributed by atoms with Crippen molar-refractivity contribution in [3.63, 3.8) is 0 Å². The lowest BCUT2D eigenvalue weighted by Crippen LogP contribution is -2.08. The van der Waals surface area contributed by atoms with E-state index in [9.17, 15) is 18.3 Å². The first-order valence-corrected chi connectivity index (χ1v) is 9.10. The maximum absolute atomic E-state index is 13.8. The predicted molar refractivity (Wildman–Crippen MR) is 105 cm³/mol. The Labute approximate surface area is 169 Å². The van der Waals surface area contributed by atoms with Gasteiger partial charge in [0, 0.05) is 10.6 Å². The number of phenolic OH excluding ortho intramolecular Hbond substituents is 1. The summed E-state index contributed by atoms with van der Waals surface area (Å²) < 4.78 is 42.9. The minimum Gasteiger partial charge on any atom is -0.508 e. The number of pyridine rings is 1. The highest BCUT2D eigenvalue weighted by Gasteiger charge is 2.35. The Bertz CT molecular complexity index is 1200. The van der Waals surface area contributed by atoms with Gasteiger partial charge in [0.15, 0.2) is 5.65 Å². The van der Waals surface area contributed by atoms with E-state index in [0.29, 0.717) is 10.6 Å². The van der Waals surface area contributed by atoms with Crippen LogP contribution in [0.4, 0.5) is 13.2 Å². The average Bonchev–Trinajstić information content (AvgIpc) is 2.98. The molecule has 0 atom stereocenters. The molecular weight excluding hydrogens is 403 g/mol. The van der Waals surface area contributed by atoms with Crippen molar-refractivity contribution in [2.75, 3.05) is 0 Å². The Morgan fingerprint density at radius 2 is 1.76 bits per heavy atom. The van der Waals surface area contributed by atoms with E-state index in [2.05, 4.69) is 10.1 Å². The molecule has 148 valence electrons. The van der Waals surface area contributed by atoms with Crippen molar-refractivity contribution in [2.24, 2.45) is 0 Å². The number of hydrogen-bond donors (Lipinski definition) is 1. The van der Waals surface area contributed by atoms with E-state index in [-0.39, 0.29) is 34.7 Å². The molecule has 0 fully saturated rings. The van der Waals surface area contributed by atoms with Crippen LogP contribution < -0.4 is 0 Å². The molecule has 0 aliphatic heterocycles. The highest BCUT2D eigenvalue weighted by atomic mass is 35.5. The van der Waals surface area contributed by atoms with Gasteiger partial charge in [0.2, 0.25) is 0 Å². The standard InChI is InChI=1S/C21H15ClF3N3O/c1-12-19-16(21(23,24)25)10-18(13-6-8-15(29)9-7-13)26-20(19)28(27-12)11-14-4-2-3-5-17(14)22/h2-10,29H,11H2,1H3. The van der Waals surface area contributed by atoms with Gasteiger partial charge in [-0.1, -0.05) is 29.8 Å². The van der Waals surface area contributed by atoms with Crippen LogP contribution in [0.2, 0.25) is 5.02 Å². The summed E-state index contributed by atoms with van der Waals surface area (Å²) in [5.41, 5.74) is 0.894. The number of benzene rings is 2. The molecule has 29 heavy (non-hydrogen) atoms. The van der Waals surface area contributed by atoms with Crippen molar-refractivity contribution in [3.8, 4) is 17.0 Å². The van der Waals surface area contributed by atoms with Crippen LogP contribution in [0.25, 0.3) is 22.3 Å². The smallest absolute Gasteiger partial charge is 0.417 e. The molecule has 0 saturated carbocycles. The third-order valence-corrected chi connectivity index (χ3v) is 4.99. The van der Waals surface area contributed by atoms with E-state index in [0.717, 1.165) is 11.6 Å². The molecule has 8 heteroatoms. The number of halogens is 4. The molecule has 0 amide bonds. The summed E-state index contributed by atoms with van der Waals surface area (Å²) in [6.45, 7) is 1.72. The average molecular weight is 418 g/mol. The molecular formula is C21H15ClF3N3O. The first-order chi connectivity index (χ1) is 13.7. The van der Waals surface area contributed by atoms with Crippen LogP contribution in [-0.4, -0.2) is 19.9 Å². The lowest BCUT2D eigenvalue weighted by atomic mass is 10.1. The molecule has 1 N–H and O–H groups in total. The van der Waals surface area contributed by atoms with Gasteiger partial charge >= 0.3 is 6.18 Å². The molecule has 0 radical (unpaired) electrons. The second kappa shape index (κ2) is 7.08. The van der Waals surface area contributed by atoms with Crippen molar-refractivity contribution in [2.45, 2.75) is 19.6 Å². The summed E-state index contributed by atoms with van der Waals surface area (Å²) in [4.78, 5) is 4.47. The number of alkyl halides is 3. The van der Waals surface area contributed by atoms with E-state index < -0.39 is 11.7 Å². The maximum atomic E-state index is 13.8. The number of nitrogens with zero attached hydrogens (tertiary/aromatic N) is 3. The molecule has 2 aromatic heterocycles. The zero-order valence-corrected chi connectivity index (χ0v) is 16.0. The van der Waals surface area contributed by atoms with E-state index in [1.54, 1.807) is 24.3 Å². The molecule has 4 rings (SSSR count). The number of aryl methyl sites for hydroxylation is 1. The molecule has 0 spiro atoms. The van der Waals surface area contributed by atoms with Gasteiger partial charge in [0.05, 0.1) is 28.9 Å². The normalized spacial score (nSPS) is 11.9. The highest BCUT2D eigenvalue weighted by molar-refractivity contribution is 6.31. The fourth-order valence-corrected chi connectivity index (χ4v) is 3.45. The lowest BCUT2D eigenvalue weighted by Gasteiger charge is -2.12. The summed E-state index contributed by atoms with van der Waals surface area (Å²) in [7, 11) is 0. The second-order valence-electron chi connectivity index (χ2n) is 6.63. The Balaban J connectivity index is 1.95. The Hall–Kier alpha value is -3.06. The highest BCUT2D eigenvalue weighted by Crippen LogP contribution is 2.38.